The fraction of sp³-hybridized carbons (Fsp3) is 0.923. The topological polar surface area (TPSA) is 41.6 Å². The van der Waals surface area contributed by atoms with Gasteiger partial charge < -0.3 is 9.64 Å². The van der Waals surface area contributed by atoms with Crippen molar-refractivity contribution in [1.29, 1.82) is 0 Å². The van der Waals surface area contributed by atoms with Crippen molar-refractivity contribution in [3.05, 3.63) is 0 Å². The third kappa shape index (κ3) is 3.19. The molecule has 1 amide bonds. The first kappa shape index (κ1) is 14.5. The Hall–Kier alpha value is -0.610. The molecular weight excluding hydrogens is 216 g/mol. The van der Waals surface area contributed by atoms with Gasteiger partial charge in [0.1, 0.15) is 0 Å². The van der Waals surface area contributed by atoms with Crippen LogP contribution in [-0.2, 0) is 9.53 Å². The number of rotatable bonds is 6. The van der Waals surface area contributed by atoms with Crippen molar-refractivity contribution in [3.63, 3.8) is 0 Å². The average Bonchev–Trinajstić information content (AvgIpc) is 2.63. The van der Waals surface area contributed by atoms with Gasteiger partial charge in [-0.2, -0.15) is 0 Å². The Morgan fingerprint density at radius 3 is 2.47 bits per heavy atom. The molecule has 0 aromatic carbocycles. The fourth-order valence-electron chi connectivity index (χ4n) is 2.34. The van der Waals surface area contributed by atoms with E-state index in [1.165, 1.54) is 0 Å². The second-order valence-electron chi connectivity index (χ2n) is 5.07. The van der Waals surface area contributed by atoms with Crippen molar-refractivity contribution < 1.29 is 9.53 Å². The van der Waals surface area contributed by atoms with Gasteiger partial charge in [0.25, 0.3) is 0 Å². The highest BCUT2D eigenvalue weighted by molar-refractivity contribution is 5.84. The van der Waals surface area contributed by atoms with E-state index >= 15 is 0 Å². The molecule has 1 aliphatic rings. The van der Waals surface area contributed by atoms with Gasteiger partial charge >= 0.3 is 0 Å². The highest BCUT2D eigenvalue weighted by Gasteiger charge is 2.41. The zero-order chi connectivity index (χ0) is 13.0. The predicted molar refractivity (Wildman–Crippen MR) is 68.6 cm³/mol. The number of amides is 1. The SMILES string of the molecule is CCOCC(C)N1C(=O)C(CC)NC1C(C)C. The minimum absolute atomic E-state index is 0.0218. The number of nitrogens with zero attached hydrogens (tertiary/aromatic N) is 1. The molecule has 0 bridgehead atoms. The van der Waals surface area contributed by atoms with E-state index in [0.717, 1.165) is 6.42 Å². The summed E-state index contributed by atoms with van der Waals surface area (Å²) in [7, 11) is 0. The summed E-state index contributed by atoms with van der Waals surface area (Å²) >= 11 is 0. The fourth-order valence-corrected chi connectivity index (χ4v) is 2.34. The Balaban J connectivity index is 2.73. The number of hydrogen-bond donors (Lipinski definition) is 1. The Labute approximate surface area is 105 Å². The molecule has 1 fully saturated rings. The van der Waals surface area contributed by atoms with Crippen LogP contribution in [0.25, 0.3) is 0 Å². The van der Waals surface area contributed by atoms with E-state index in [-0.39, 0.29) is 24.2 Å². The molecule has 100 valence electrons. The number of ether oxygens (including phenoxy) is 1. The number of carbonyl (C=O) groups excluding carboxylic acids is 1. The maximum absolute atomic E-state index is 12.3. The molecule has 1 heterocycles. The normalized spacial score (nSPS) is 26.9. The molecule has 1 saturated heterocycles. The first-order chi connectivity index (χ1) is 8.02. The third-order valence-electron chi connectivity index (χ3n) is 3.30. The van der Waals surface area contributed by atoms with Crippen molar-refractivity contribution in [2.24, 2.45) is 5.92 Å². The van der Waals surface area contributed by atoms with Gasteiger partial charge in [-0.25, -0.2) is 0 Å². The first-order valence-electron chi connectivity index (χ1n) is 6.68. The van der Waals surface area contributed by atoms with Crippen LogP contribution >= 0.6 is 0 Å². The molecule has 1 rings (SSSR count). The molecule has 1 aliphatic heterocycles. The minimum atomic E-state index is -0.0218. The second-order valence-corrected chi connectivity index (χ2v) is 5.07. The summed E-state index contributed by atoms with van der Waals surface area (Å²) in [6, 6.07) is 0.116. The van der Waals surface area contributed by atoms with Crippen LogP contribution in [0.3, 0.4) is 0 Å². The van der Waals surface area contributed by atoms with Gasteiger partial charge in [0.05, 0.1) is 24.9 Å². The average molecular weight is 242 g/mol. The smallest absolute Gasteiger partial charge is 0.241 e. The van der Waals surface area contributed by atoms with Crippen LogP contribution < -0.4 is 5.32 Å². The highest BCUT2D eigenvalue weighted by atomic mass is 16.5. The van der Waals surface area contributed by atoms with Gasteiger partial charge in [0.15, 0.2) is 0 Å². The van der Waals surface area contributed by atoms with Crippen LogP contribution in [-0.4, -0.2) is 42.3 Å². The van der Waals surface area contributed by atoms with Crippen LogP contribution in [0.15, 0.2) is 0 Å². The molecule has 4 nitrogen and oxygen atoms in total. The van der Waals surface area contributed by atoms with Crippen molar-refractivity contribution in [2.75, 3.05) is 13.2 Å². The largest absolute Gasteiger partial charge is 0.380 e. The highest BCUT2D eigenvalue weighted by Crippen LogP contribution is 2.21. The van der Waals surface area contributed by atoms with Crippen LogP contribution in [0, 0.1) is 5.92 Å². The maximum Gasteiger partial charge on any atom is 0.241 e. The maximum atomic E-state index is 12.3. The standard InChI is InChI=1S/C13H26N2O2/c1-6-11-13(16)15(10(5)8-17-7-2)12(14-11)9(3)4/h9-12,14H,6-8H2,1-5H3. The lowest BCUT2D eigenvalue weighted by molar-refractivity contribution is -0.133. The molecule has 3 atom stereocenters. The molecule has 4 heteroatoms. The quantitative estimate of drug-likeness (QED) is 0.769. The van der Waals surface area contributed by atoms with Crippen LogP contribution in [0.5, 0.6) is 0 Å². The molecule has 0 aromatic heterocycles. The molecular formula is C13H26N2O2. The van der Waals surface area contributed by atoms with Gasteiger partial charge in [0.2, 0.25) is 5.91 Å². The Morgan fingerprint density at radius 2 is 2.00 bits per heavy atom. The van der Waals surface area contributed by atoms with Crippen LogP contribution in [0.4, 0.5) is 0 Å². The van der Waals surface area contributed by atoms with Crippen molar-refractivity contribution in [1.82, 2.24) is 10.2 Å². The molecule has 0 aliphatic carbocycles. The lowest BCUT2D eigenvalue weighted by Crippen LogP contribution is -2.47. The summed E-state index contributed by atoms with van der Waals surface area (Å²) in [6.07, 6.45) is 0.989. The number of carbonyl (C=O) groups is 1. The summed E-state index contributed by atoms with van der Waals surface area (Å²) in [5.41, 5.74) is 0. The molecule has 0 saturated carbocycles. The third-order valence-corrected chi connectivity index (χ3v) is 3.30. The van der Waals surface area contributed by atoms with Gasteiger partial charge in [-0.3, -0.25) is 10.1 Å². The summed E-state index contributed by atoms with van der Waals surface area (Å²) in [5.74, 6) is 0.637. The molecule has 3 unspecified atom stereocenters. The van der Waals surface area contributed by atoms with Gasteiger partial charge in [0, 0.05) is 6.61 Å². The van der Waals surface area contributed by atoms with E-state index < -0.39 is 0 Å². The predicted octanol–water partition coefficient (Wildman–Crippen LogP) is 1.60. The molecule has 17 heavy (non-hydrogen) atoms. The van der Waals surface area contributed by atoms with E-state index in [2.05, 4.69) is 26.1 Å². The van der Waals surface area contributed by atoms with Gasteiger partial charge in [-0.15, -0.1) is 0 Å². The Bertz CT molecular complexity index is 256. The van der Waals surface area contributed by atoms with E-state index in [1.54, 1.807) is 0 Å². The summed E-state index contributed by atoms with van der Waals surface area (Å²) in [6.45, 7) is 11.7. The van der Waals surface area contributed by atoms with Crippen LogP contribution in [0.2, 0.25) is 0 Å². The van der Waals surface area contributed by atoms with E-state index in [9.17, 15) is 4.79 Å². The van der Waals surface area contributed by atoms with Crippen LogP contribution in [0.1, 0.15) is 41.0 Å². The van der Waals surface area contributed by atoms with Crippen molar-refractivity contribution in [2.45, 2.75) is 59.3 Å². The zero-order valence-electron chi connectivity index (χ0n) is 11.7. The Kier molecular flexibility index (Phi) is 5.40. The molecule has 0 aromatic rings. The lowest BCUT2D eigenvalue weighted by Gasteiger charge is -2.32. The number of hydrogen-bond acceptors (Lipinski definition) is 3. The minimum Gasteiger partial charge on any atom is -0.380 e. The summed E-state index contributed by atoms with van der Waals surface area (Å²) < 4.78 is 5.43. The first-order valence-corrected chi connectivity index (χ1v) is 6.68. The Morgan fingerprint density at radius 1 is 1.35 bits per heavy atom. The van der Waals surface area contributed by atoms with Gasteiger partial charge in [-0.1, -0.05) is 20.8 Å². The van der Waals surface area contributed by atoms with E-state index in [0.29, 0.717) is 19.1 Å². The van der Waals surface area contributed by atoms with E-state index in [4.69, 9.17) is 4.74 Å². The lowest BCUT2D eigenvalue weighted by atomic mass is 10.1. The molecule has 0 spiro atoms. The second kappa shape index (κ2) is 6.36. The summed E-state index contributed by atoms with van der Waals surface area (Å²) in [4.78, 5) is 14.2. The zero-order valence-corrected chi connectivity index (χ0v) is 11.7. The summed E-state index contributed by atoms with van der Waals surface area (Å²) in [5, 5.41) is 3.42. The van der Waals surface area contributed by atoms with Crippen molar-refractivity contribution in [3.8, 4) is 0 Å². The monoisotopic (exact) mass is 242 g/mol. The van der Waals surface area contributed by atoms with Gasteiger partial charge in [-0.05, 0) is 26.2 Å². The molecule has 0 radical (unpaired) electrons. The molecule has 1 N–H and O–H groups in total. The van der Waals surface area contributed by atoms with Crippen molar-refractivity contribution >= 4 is 5.91 Å². The number of nitrogens with one attached hydrogen (secondary N) is 1. The van der Waals surface area contributed by atoms with E-state index in [1.807, 2.05) is 18.7 Å².